The highest BCUT2D eigenvalue weighted by atomic mass is 32.2. The molecule has 0 spiro atoms. The molecule has 2 aromatic rings. The Morgan fingerprint density at radius 2 is 1.78 bits per heavy atom. The molecule has 3 rings (SSSR count). The molecule has 1 aromatic heterocycles. The van der Waals surface area contributed by atoms with Crippen LogP contribution in [0.15, 0.2) is 40.0 Å². The van der Waals surface area contributed by atoms with Crippen molar-refractivity contribution in [3.8, 4) is 5.75 Å². The maximum atomic E-state index is 12.8. The quantitative estimate of drug-likeness (QED) is 0.783. The third kappa shape index (κ3) is 3.71. The van der Waals surface area contributed by atoms with Gasteiger partial charge in [-0.2, -0.15) is 9.40 Å². The average molecular weight is 392 g/mol. The highest BCUT2D eigenvalue weighted by Crippen LogP contribution is 2.27. The first kappa shape index (κ1) is 19.1. The van der Waals surface area contributed by atoms with Crippen LogP contribution in [0, 0.1) is 6.92 Å². The molecular weight excluding hydrogens is 372 g/mol. The highest BCUT2D eigenvalue weighted by molar-refractivity contribution is 7.89. The van der Waals surface area contributed by atoms with Crippen LogP contribution in [0.4, 0.5) is 0 Å². The molecule has 2 heterocycles. The number of piperazine rings is 1. The fourth-order valence-electron chi connectivity index (χ4n) is 2.88. The molecule has 9 nitrogen and oxygen atoms in total. The van der Waals surface area contributed by atoms with E-state index in [2.05, 4.69) is 5.10 Å². The van der Waals surface area contributed by atoms with Gasteiger partial charge in [-0.1, -0.05) is 6.07 Å². The lowest BCUT2D eigenvalue weighted by Crippen LogP contribution is -2.50. The van der Waals surface area contributed by atoms with E-state index in [1.807, 2.05) is 0 Å². The van der Waals surface area contributed by atoms with Crippen molar-refractivity contribution in [1.29, 1.82) is 0 Å². The number of hydrogen-bond acceptors (Lipinski definition) is 6. The van der Waals surface area contributed by atoms with Crippen molar-refractivity contribution in [2.45, 2.75) is 11.8 Å². The van der Waals surface area contributed by atoms with Crippen molar-refractivity contribution in [2.24, 2.45) is 7.05 Å². The van der Waals surface area contributed by atoms with Gasteiger partial charge in [-0.15, -0.1) is 0 Å². The first-order valence-electron chi connectivity index (χ1n) is 8.33. The Balaban J connectivity index is 1.74. The van der Waals surface area contributed by atoms with E-state index in [-0.39, 0.29) is 54.0 Å². The van der Waals surface area contributed by atoms with Gasteiger partial charge in [0.15, 0.2) is 0 Å². The number of benzene rings is 1. The Bertz CT molecular complexity index is 1040. The summed E-state index contributed by atoms with van der Waals surface area (Å²) in [4.78, 5) is 25.3. The molecule has 10 heteroatoms. The minimum Gasteiger partial charge on any atom is -0.507 e. The summed E-state index contributed by atoms with van der Waals surface area (Å²) < 4.78 is 27.9. The Kier molecular flexibility index (Phi) is 5.03. The molecular formula is C17H20N4O5S. The van der Waals surface area contributed by atoms with Gasteiger partial charge >= 0.3 is 0 Å². The minimum absolute atomic E-state index is 0.104. The van der Waals surface area contributed by atoms with Crippen molar-refractivity contribution in [1.82, 2.24) is 19.0 Å². The van der Waals surface area contributed by atoms with Crippen LogP contribution < -0.4 is 5.56 Å². The molecule has 144 valence electrons. The summed E-state index contributed by atoms with van der Waals surface area (Å²) in [5.41, 5.74) is 0.533. The number of amides is 1. The Labute approximate surface area is 156 Å². The Morgan fingerprint density at radius 3 is 2.41 bits per heavy atom. The standard InChI is InChI=1S/C17H20N4O5S/c1-12-3-5-14(22)15(11-12)27(25,26)21-9-7-20(8-10-21)17(24)13-4-6-16(23)19(2)18-13/h3-6,11,22H,7-10H2,1-2H3. The largest absolute Gasteiger partial charge is 0.507 e. The second-order valence-electron chi connectivity index (χ2n) is 6.35. The molecule has 0 radical (unpaired) electrons. The summed E-state index contributed by atoms with van der Waals surface area (Å²) in [7, 11) is -2.40. The monoisotopic (exact) mass is 392 g/mol. The SMILES string of the molecule is Cc1ccc(O)c(S(=O)(=O)N2CCN(C(=O)c3ccc(=O)n(C)n3)CC2)c1. The van der Waals surface area contributed by atoms with Crippen molar-refractivity contribution in [3.05, 3.63) is 51.9 Å². The van der Waals surface area contributed by atoms with Crippen LogP contribution in [0.3, 0.4) is 0 Å². The zero-order chi connectivity index (χ0) is 19.8. The summed E-state index contributed by atoms with van der Waals surface area (Å²) in [6, 6.07) is 7.04. The zero-order valence-electron chi connectivity index (χ0n) is 15.0. The number of hydrogen-bond donors (Lipinski definition) is 1. The van der Waals surface area contributed by atoms with E-state index < -0.39 is 10.0 Å². The maximum Gasteiger partial charge on any atom is 0.274 e. The van der Waals surface area contributed by atoms with E-state index in [9.17, 15) is 23.1 Å². The van der Waals surface area contributed by atoms with Gasteiger partial charge < -0.3 is 10.0 Å². The van der Waals surface area contributed by atoms with Gasteiger partial charge in [0.2, 0.25) is 10.0 Å². The van der Waals surface area contributed by atoms with Crippen LogP contribution >= 0.6 is 0 Å². The smallest absolute Gasteiger partial charge is 0.274 e. The predicted molar refractivity (Wildman–Crippen MR) is 97.0 cm³/mol. The van der Waals surface area contributed by atoms with Gasteiger partial charge in [0.25, 0.3) is 11.5 Å². The van der Waals surface area contributed by atoms with Gasteiger partial charge in [0.05, 0.1) is 0 Å². The molecule has 1 saturated heterocycles. The van der Waals surface area contributed by atoms with Crippen LogP contribution in [0.25, 0.3) is 0 Å². The molecule has 1 fully saturated rings. The van der Waals surface area contributed by atoms with Gasteiger partial charge in [-0.25, -0.2) is 13.1 Å². The summed E-state index contributed by atoms with van der Waals surface area (Å²) in [5.74, 6) is -0.658. The number of sulfonamides is 1. The van der Waals surface area contributed by atoms with Crippen molar-refractivity contribution in [3.63, 3.8) is 0 Å². The number of aryl methyl sites for hydroxylation is 2. The van der Waals surface area contributed by atoms with Gasteiger partial charge in [-0.05, 0) is 30.7 Å². The lowest BCUT2D eigenvalue weighted by atomic mass is 10.2. The third-order valence-corrected chi connectivity index (χ3v) is 6.37. The number of carbonyl (C=O) groups excluding carboxylic acids is 1. The first-order chi connectivity index (χ1) is 12.7. The molecule has 0 bridgehead atoms. The minimum atomic E-state index is -3.86. The number of phenols is 1. The number of phenolic OH excluding ortho intramolecular Hbond substituents is 1. The normalized spacial score (nSPS) is 15.7. The van der Waals surface area contributed by atoms with E-state index in [4.69, 9.17) is 0 Å². The molecule has 0 atom stereocenters. The lowest BCUT2D eigenvalue weighted by Gasteiger charge is -2.33. The fraction of sp³-hybridized carbons (Fsp3) is 0.353. The Morgan fingerprint density at radius 1 is 1.11 bits per heavy atom. The summed E-state index contributed by atoms with van der Waals surface area (Å²) in [6.07, 6.45) is 0. The highest BCUT2D eigenvalue weighted by Gasteiger charge is 2.32. The second-order valence-corrected chi connectivity index (χ2v) is 8.25. The van der Waals surface area contributed by atoms with Crippen molar-refractivity contribution >= 4 is 15.9 Å². The molecule has 0 aliphatic carbocycles. The van der Waals surface area contributed by atoms with E-state index in [0.717, 1.165) is 10.2 Å². The van der Waals surface area contributed by atoms with Crippen LogP contribution in [0.1, 0.15) is 16.1 Å². The first-order valence-corrected chi connectivity index (χ1v) is 9.77. The number of aromatic hydroxyl groups is 1. The number of aromatic nitrogens is 2. The summed E-state index contributed by atoms with van der Waals surface area (Å²) in [6.45, 7) is 2.33. The van der Waals surface area contributed by atoms with Crippen LogP contribution in [-0.2, 0) is 17.1 Å². The van der Waals surface area contributed by atoms with Crippen LogP contribution in [0.5, 0.6) is 5.75 Å². The maximum absolute atomic E-state index is 12.8. The van der Waals surface area contributed by atoms with Gasteiger partial charge in [-0.3, -0.25) is 9.59 Å². The van der Waals surface area contributed by atoms with E-state index >= 15 is 0 Å². The molecule has 1 aromatic carbocycles. The lowest BCUT2D eigenvalue weighted by molar-refractivity contribution is 0.0689. The Hall–Kier alpha value is -2.72. The zero-order valence-corrected chi connectivity index (χ0v) is 15.8. The molecule has 1 N–H and O–H groups in total. The molecule has 0 saturated carbocycles. The molecule has 1 amide bonds. The summed E-state index contributed by atoms with van der Waals surface area (Å²) >= 11 is 0. The number of nitrogens with zero attached hydrogens (tertiary/aromatic N) is 4. The van der Waals surface area contributed by atoms with Crippen molar-refractivity contribution in [2.75, 3.05) is 26.2 Å². The van der Waals surface area contributed by atoms with E-state index in [1.54, 1.807) is 13.0 Å². The van der Waals surface area contributed by atoms with Crippen LogP contribution in [0.2, 0.25) is 0 Å². The van der Waals surface area contributed by atoms with Crippen LogP contribution in [-0.4, -0.2) is 64.6 Å². The third-order valence-electron chi connectivity index (χ3n) is 4.44. The predicted octanol–water partition coefficient (Wildman–Crippen LogP) is -0.0590. The fourth-order valence-corrected chi connectivity index (χ4v) is 4.47. The van der Waals surface area contributed by atoms with Crippen molar-refractivity contribution < 1.29 is 18.3 Å². The van der Waals surface area contributed by atoms with Gasteiger partial charge in [0, 0.05) is 39.3 Å². The van der Waals surface area contributed by atoms with E-state index in [0.29, 0.717) is 0 Å². The number of carbonyl (C=O) groups is 1. The summed E-state index contributed by atoms with van der Waals surface area (Å²) in [5, 5.41) is 13.9. The molecule has 1 aliphatic heterocycles. The molecule has 27 heavy (non-hydrogen) atoms. The molecule has 1 aliphatic rings. The second kappa shape index (κ2) is 7.12. The average Bonchev–Trinajstić information content (AvgIpc) is 2.65. The topological polar surface area (TPSA) is 113 Å². The molecule has 0 unspecified atom stereocenters. The number of rotatable bonds is 3. The van der Waals surface area contributed by atoms with Gasteiger partial charge in [0.1, 0.15) is 16.3 Å². The van der Waals surface area contributed by atoms with E-state index in [1.165, 1.54) is 40.5 Å².